The van der Waals surface area contributed by atoms with Crippen molar-refractivity contribution >= 4 is 23.2 Å². The second-order valence-corrected chi connectivity index (χ2v) is 7.41. The summed E-state index contributed by atoms with van der Waals surface area (Å²) in [5.41, 5.74) is 1.00. The van der Waals surface area contributed by atoms with E-state index in [2.05, 4.69) is 4.98 Å². The van der Waals surface area contributed by atoms with E-state index >= 15 is 0 Å². The molecule has 0 aliphatic carbocycles. The second-order valence-electron chi connectivity index (χ2n) is 7.03. The van der Waals surface area contributed by atoms with Gasteiger partial charge in [0.2, 0.25) is 5.91 Å². The molecule has 0 saturated carbocycles. The van der Waals surface area contributed by atoms with Crippen molar-refractivity contribution in [2.24, 2.45) is 0 Å². The van der Waals surface area contributed by atoms with E-state index in [0.717, 1.165) is 5.56 Å². The van der Waals surface area contributed by atoms with E-state index < -0.39 is 15.8 Å². The number of pyridine rings is 1. The van der Waals surface area contributed by atoms with Crippen molar-refractivity contribution in [2.75, 3.05) is 13.6 Å². The number of hydrogen-bond donors (Lipinski definition) is 0. The summed E-state index contributed by atoms with van der Waals surface area (Å²) in [5, 5.41) is 23.4. The van der Waals surface area contributed by atoms with Crippen LogP contribution in [0.1, 0.15) is 30.4 Å². The number of allylic oxidation sites excluding steroid dienone is 1. The molecule has 31 heavy (non-hydrogen) atoms. The molecule has 3 rings (SSSR count). The van der Waals surface area contributed by atoms with Crippen LogP contribution in [0, 0.1) is 20.2 Å². The molecule has 0 radical (unpaired) electrons. The molecule has 10 nitrogen and oxygen atoms in total. The fourth-order valence-corrected chi connectivity index (χ4v) is 3.71. The van der Waals surface area contributed by atoms with Gasteiger partial charge >= 0.3 is 0 Å². The number of carbonyl (C=O) groups excluding carboxylic acids is 1. The zero-order valence-corrected chi connectivity index (χ0v) is 17.7. The molecule has 2 heterocycles. The first kappa shape index (κ1) is 22.2. The Hall–Kier alpha value is -3.53. The lowest BCUT2D eigenvalue weighted by Crippen LogP contribution is -2.43. The Labute approximate surface area is 183 Å². The number of non-ortho nitro benzene ring substituents is 1. The van der Waals surface area contributed by atoms with Gasteiger partial charge < -0.3 is 4.90 Å². The van der Waals surface area contributed by atoms with Gasteiger partial charge in [0.1, 0.15) is 5.15 Å². The van der Waals surface area contributed by atoms with E-state index in [-0.39, 0.29) is 36.1 Å². The van der Waals surface area contributed by atoms with Crippen molar-refractivity contribution in [1.82, 2.24) is 14.8 Å². The van der Waals surface area contributed by atoms with Gasteiger partial charge in [-0.05, 0) is 24.1 Å². The summed E-state index contributed by atoms with van der Waals surface area (Å²) in [6.07, 6.45) is 1.48. The first-order valence-corrected chi connectivity index (χ1v) is 9.85. The number of halogens is 1. The molecule has 162 valence electrons. The van der Waals surface area contributed by atoms with Gasteiger partial charge in [-0.3, -0.25) is 29.9 Å². The summed E-state index contributed by atoms with van der Waals surface area (Å²) in [4.78, 5) is 41.9. The zero-order chi connectivity index (χ0) is 22.7. The summed E-state index contributed by atoms with van der Waals surface area (Å²) in [6.45, 7) is 2.53. The highest BCUT2D eigenvalue weighted by Gasteiger charge is 2.42. The molecule has 0 saturated heterocycles. The predicted octanol–water partition coefficient (Wildman–Crippen LogP) is 3.56. The number of hydrogen-bond acceptors (Lipinski definition) is 7. The van der Waals surface area contributed by atoms with Crippen LogP contribution in [0.4, 0.5) is 5.69 Å². The molecule has 1 amide bonds. The van der Waals surface area contributed by atoms with Crippen LogP contribution in [-0.2, 0) is 11.3 Å². The Morgan fingerprint density at radius 2 is 1.84 bits per heavy atom. The lowest BCUT2D eigenvalue weighted by Gasteiger charge is -2.36. The molecule has 0 spiro atoms. The van der Waals surface area contributed by atoms with Gasteiger partial charge in [0.15, 0.2) is 5.82 Å². The maximum absolute atomic E-state index is 12.8. The second kappa shape index (κ2) is 9.09. The lowest BCUT2D eigenvalue weighted by atomic mass is 9.89. The molecular weight excluding hydrogens is 426 g/mol. The van der Waals surface area contributed by atoms with Crippen LogP contribution < -0.4 is 0 Å². The summed E-state index contributed by atoms with van der Waals surface area (Å²) >= 11 is 5.84. The number of amides is 1. The van der Waals surface area contributed by atoms with Crippen molar-refractivity contribution in [2.45, 2.75) is 25.8 Å². The van der Waals surface area contributed by atoms with Crippen LogP contribution in [-0.4, -0.2) is 44.1 Å². The van der Waals surface area contributed by atoms with Crippen molar-refractivity contribution < 1.29 is 14.6 Å². The minimum Gasteiger partial charge on any atom is -0.348 e. The molecule has 11 heteroatoms. The number of nitro benzene ring substituents is 1. The molecule has 1 unspecified atom stereocenters. The van der Waals surface area contributed by atoms with E-state index in [4.69, 9.17) is 11.6 Å². The van der Waals surface area contributed by atoms with Crippen LogP contribution in [0.15, 0.2) is 54.1 Å². The van der Waals surface area contributed by atoms with Crippen molar-refractivity contribution in [1.29, 1.82) is 0 Å². The number of rotatable bonds is 7. The Kier molecular flexibility index (Phi) is 6.50. The van der Waals surface area contributed by atoms with Crippen LogP contribution in [0.3, 0.4) is 0 Å². The summed E-state index contributed by atoms with van der Waals surface area (Å²) < 4.78 is 0. The van der Waals surface area contributed by atoms with E-state index in [0.29, 0.717) is 17.3 Å². The molecule has 2 aromatic rings. The monoisotopic (exact) mass is 445 g/mol. The van der Waals surface area contributed by atoms with E-state index in [1.165, 1.54) is 36.2 Å². The third-order valence-electron chi connectivity index (χ3n) is 5.18. The number of benzene rings is 1. The smallest absolute Gasteiger partial charge is 0.294 e. The third-order valence-corrected chi connectivity index (χ3v) is 5.40. The Balaban J connectivity index is 2.08. The van der Waals surface area contributed by atoms with Crippen LogP contribution >= 0.6 is 11.6 Å². The van der Waals surface area contributed by atoms with Gasteiger partial charge in [0.25, 0.3) is 11.4 Å². The molecule has 1 atom stereocenters. The molecule has 1 aliphatic rings. The molecule has 0 fully saturated rings. The summed E-state index contributed by atoms with van der Waals surface area (Å²) in [5.74, 6) is -0.911. The number of aromatic nitrogens is 1. The van der Waals surface area contributed by atoms with Gasteiger partial charge in [-0.1, -0.05) is 29.8 Å². The molecule has 1 aliphatic heterocycles. The average molecular weight is 446 g/mol. The van der Waals surface area contributed by atoms with E-state index in [1.807, 2.05) is 6.92 Å². The van der Waals surface area contributed by atoms with Crippen molar-refractivity contribution in [3.63, 3.8) is 0 Å². The molecule has 1 aromatic heterocycles. The fraction of sp³-hybridized carbons (Fsp3) is 0.300. The van der Waals surface area contributed by atoms with Gasteiger partial charge in [-0.25, -0.2) is 4.98 Å². The molecule has 0 bridgehead atoms. The van der Waals surface area contributed by atoms with Gasteiger partial charge in [0, 0.05) is 44.9 Å². The predicted molar refractivity (Wildman–Crippen MR) is 113 cm³/mol. The highest BCUT2D eigenvalue weighted by atomic mass is 35.5. The van der Waals surface area contributed by atoms with Crippen LogP contribution in [0.2, 0.25) is 5.15 Å². The minimum atomic E-state index is -0.827. The quantitative estimate of drug-likeness (QED) is 0.362. The van der Waals surface area contributed by atoms with Gasteiger partial charge in [0.05, 0.1) is 15.8 Å². The number of carbonyl (C=O) groups is 1. The van der Waals surface area contributed by atoms with Crippen LogP contribution in [0.25, 0.3) is 0 Å². The largest absolute Gasteiger partial charge is 0.348 e. The third kappa shape index (κ3) is 4.64. The Morgan fingerprint density at radius 1 is 1.16 bits per heavy atom. The fourth-order valence-electron chi connectivity index (χ4n) is 3.60. The Morgan fingerprint density at radius 3 is 2.35 bits per heavy atom. The highest BCUT2D eigenvalue weighted by molar-refractivity contribution is 6.29. The SMILES string of the molecule is CCN(Cc1ccc(Cl)nc1)C1=C([N+](=O)[O-])C(c2ccc([N+](=O)[O-])cc2)CC(=O)N1C. The summed E-state index contributed by atoms with van der Waals surface area (Å²) in [6, 6.07) is 8.88. The van der Waals surface area contributed by atoms with E-state index in [9.17, 15) is 25.0 Å². The topological polar surface area (TPSA) is 123 Å². The molecular formula is C20H20ClN5O5. The van der Waals surface area contributed by atoms with Crippen molar-refractivity contribution in [3.05, 3.63) is 90.6 Å². The minimum absolute atomic E-state index is 0.103. The highest BCUT2D eigenvalue weighted by Crippen LogP contribution is 2.38. The maximum Gasteiger partial charge on any atom is 0.294 e. The first-order valence-electron chi connectivity index (χ1n) is 9.47. The summed E-state index contributed by atoms with van der Waals surface area (Å²) in [7, 11) is 1.51. The van der Waals surface area contributed by atoms with Crippen molar-refractivity contribution in [3.8, 4) is 0 Å². The molecule has 0 N–H and O–H groups in total. The van der Waals surface area contributed by atoms with Crippen LogP contribution in [0.5, 0.6) is 0 Å². The lowest BCUT2D eigenvalue weighted by molar-refractivity contribution is -0.434. The standard InChI is InChI=1S/C20H20ClN5O5/c1-3-24(12-13-4-9-17(21)22-11-13)20-19(26(30)31)16(10-18(27)23(20)2)14-5-7-15(8-6-14)25(28)29/h4-9,11,16H,3,10,12H2,1-2H3. The Bertz CT molecular complexity index is 1040. The molecule has 1 aromatic carbocycles. The van der Waals surface area contributed by atoms with Gasteiger partial charge in [-0.2, -0.15) is 0 Å². The van der Waals surface area contributed by atoms with Gasteiger partial charge in [-0.15, -0.1) is 0 Å². The number of nitro groups is 2. The first-order chi connectivity index (χ1) is 14.7. The zero-order valence-electron chi connectivity index (χ0n) is 16.9. The maximum atomic E-state index is 12.8. The van der Waals surface area contributed by atoms with E-state index in [1.54, 1.807) is 23.2 Å². The normalized spacial score (nSPS) is 16.4. The average Bonchev–Trinajstić information content (AvgIpc) is 2.75. The number of nitrogens with zero attached hydrogens (tertiary/aromatic N) is 5.